The molecule has 0 radical (unpaired) electrons. The second kappa shape index (κ2) is 5.16. The van der Waals surface area contributed by atoms with Gasteiger partial charge in [0.15, 0.2) is 0 Å². The smallest absolute Gasteiger partial charge is 0.0914 e. The van der Waals surface area contributed by atoms with Gasteiger partial charge in [0.1, 0.15) is 0 Å². The van der Waals surface area contributed by atoms with Gasteiger partial charge in [-0.25, -0.2) is 0 Å². The van der Waals surface area contributed by atoms with Gasteiger partial charge >= 0.3 is 0 Å². The molecule has 86 valence electrons. The minimum atomic E-state index is 0.336. The van der Waals surface area contributed by atoms with E-state index in [4.69, 9.17) is 5.26 Å². The van der Waals surface area contributed by atoms with Crippen LogP contribution >= 0.6 is 0 Å². The molecule has 16 heavy (non-hydrogen) atoms. The molecule has 0 amide bonds. The van der Waals surface area contributed by atoms with Crippen molar-refractivity contribution >= 4 is 0 Å². The van der Waals surface area contributed by atoms with Crippen LogP contribution in [0, 0.1) is 22.7 Å². The third-order valence-corrected chi connectivity index (χ3v) is 3.43. The summed E-state index contributed by atoms with van der Waals surface area (Å²) in [5.74, 6) is 0.503. The van der Waals surface area contributed by atoms with E-state index >= 15 is 0 Å². The summed E-state index contributed by atoms with van der Waals surface area (Å²) >= 11 is 0. The molecule has 0 fully saturated rings. The first-order chi connectivity index (χ1) is 7.47. The van der Waals surface area contributed by atoms with Crippen molar-refractivity contribution in [3.63, 3.8) is 0 Å². The standard InChI is InChI=1S/C15H21N/c1-12(9-11-16)7-8-14-13(2)6-5-10-15(14,3)4/h6-9,14H,5,10H2,1-4H3/b8-7?,12-9-. The van der Waals surface area contributed by atoms with E-state index in [1.165, 1.54) is 18.4 Å². The van der Waals surface area contributed by atoms with Gasteiger partial charge in [-0.05, 0) is 37.7 Å². The van der Waals surface area contributed by atoms with Gasteiger partial charge in [0.25, 0.3) is 0 Å². The van der Waals surface area contributed by atoms with Crippen molar-refractivity contribution in [3.05, 3.63) is 35.5 Å². The lowest BCUT2D eigenvalue weighted by molar-refractivity contribution is 0.255. The van der Waals surface area contributed by atoms with Crippen molar-refractivity contribution in [1.82, 2.24) is 0 Å². The van der Waals surface area contributed by atoms with Gasteiger partial charge in [0.2, 0.25) is 0 Å². The van der Waals surface area contributed by atoms with Gasteiger partial charge in [0.05, 0.1) is 6.07 Å². The first-order valence-corrected chi connectivity index (χ1v) is 5.88. The van der Waals surface area contributed by atoms with Gasteiger partial charge < -0.3 is 0 Å². The topological polar surface area (TPSA) is 23.8 Å². The summed E-state index contributed by atoms with van der Waals surface area (Å²) in [6, 6.07) is 2.06. The molecule has 1 aliphatic carbocycles. The van der Waals surface area contributed by atoms with Crippen LogP contribution in [0.15, 0.2) is 35.5 Å². The van der Waals surface area contributed by atoms with E-state index in [0.717, 1.165) is 5.57 Å². The first kappa shape index (κ1) is 12.8. The molecule has 0 saturated carbocycles. The molecule has 1 unspecified atom stereocenters. The van der Waals surface area contributed by atoms with Crippen molar-refractivity contribution in [2.45, 2.75) is 40.5 Å². The number of allylic oxidation sites excluding steroid dienone is 6. The fourth-order valence-electron chi connectivity index (χ4n) is 2.38. The van der Waals surface area contributed by atoms with Crippen molar-refractivity contribution in [3.8, 4) is 6.07 Å². The molecule has 0 spiro atoms. The summed E-state index contributed by atoms with van der Waals surface area (Å²) in [5.41, 5.74) is 2.82. The summed E-state index contributed by atoms with van der Waals surface area (Å²) in [6.07, 6.45) is 10.7. The van der Waals surface area contributed by atoms with E-state index < -0.39 is 0 Å². The number of hydrogen-bond donors (Lipinski definition) is 0. The number of nitrogens with zero attached hydrogens (tertiary/aromatic N) is 1. The van der Waals surface area contributed by atoms with Crippen LogP contribution in [0.25, 0.3) is 0 Å². The average Bonchev–Trinajstić information content (AvgIpc) is 2.16. The predicted octanol–water partition coefficient (Wildman–Crippen LogP) is 4.39. The van der Waals surface area contributed by atoms with Crippen LogP contribution < -0.4 is 0 Å². The molecule has 1 atom stereocenters. The van der Waals surface area contributed by atoms with Crippen LogP contribution in [0.2, 0.25) is 0 Å². The normalized spacial score (nSPS) is 25.3. The number of nitriles is 1. The molecule has 1 rings (SSSR count). The minimum Gasteiger partial charge on any atom is -0.193 e. The predicted molar refractivity (Wildman–Crippen MR) is 68.8 cm³/mol. The fraction of sp³-hybridized carbons (Fsp3) is 0.533. The lowest BCUT2D eigenvalue weighted by Crippen LogP contribution is -2.26. The van der Waals surface area contributed by atoms with Crippen LogP contribution in [-0.2, 0) is 0 Å². The second-order valence-corrected chi connectivity index (χ2v) is 5.33. The van der Waals surface area contributed by atoms with Crippen LogP contribution in [0.4, 0.5) is 0 Å². The largest absolute Gasteiger partial charge is 0.193 e. The quantitative estimate of drug-likeness (QED) is 0.380. The maximum atomic E-state index is 8.56. The molecular weight excluding hydrogens is 194 g/mol. The zero-order valence-corrected chi connectivity index (χ0v) is 10.7. The maximum Gasteiger partial charge on any atom is 0.0914 e. The molecular formula is C15H21N. The molecule has 0 bridgehead atoms. The van der Waals surface area contributed by atoms with Crippen LogP contribution in [0.5, 0.6) is 0 Å². The summed E-state index contributed by atoms with van der Waals surface area (Å²) in [6.45, 7) is 8.82. The third-order valence-electron chi connectivity index (χ3n) is 3.43. The Morgan fingerprint density at radius 1 is 1.56 bits per heavy atom. The Kier molecular flexibility index (Phi) is 4.12. The van der Waals surface area contributed by atoms with Gasteiger partial charge in [-0.15, -0.1) is 0 Å². The van der Waals surface area contributed by atoms with E-state index in [2.05, 4.69) is 45.1 Å². The Bertz CT molecular complexity index is 375. The Morgan fingerprint density at radius 2 is 2.25 bits per heavy atom. The molecule has 0 aromatic rings. The van der Waals surface area contributed by atoms with E-state index in [-0.39, 0.29) is 0 Å². The monoisotopic (exact) mass is 215 g/mol. The van der Waals surface area contributed by atoms with Crippen molar-refractivity contribution < 1.29 is 0 Å². The highest BCUT2D eigenvalue weighted by atomic mass is 14.3. The minimum absolute atomic E-state index is 0.336. The molecule has 1 nitrogen and oxygen atoms in total. The molecule has 0 N–H and O–H groups in total. The third kappa shape index (κ3) is 3.10. The molecule has 1 heteroatoms. The lowest BCUT2D eigenvalue weighted by Gasteiger charge is -2.36. The van der Waals surface area contributed by atoms with Gasteiger partial charge in [0, 0.05) is 12.0 Å². The maximum absolute atomic E-state index is 8.56. The highest BCUT2D eigenvalue weighted by Gasteiger charge is 2.30. The SMILES string of the molecule is CC1=CCCC(C)(C)C1C=C/C(C)=C\C#N. The lowest BCUT2D eigenvalue weighted by atomic mass is 9.68. The highest BCUT2D eigenvalue weighted by molar-refractivity contribution is 5.27. The summed E-state index contributed by atoms with van der Waals surface area (Å²) < 4.78 is 0. The fourth-order valence-corrected chi connectivity index (χ4v) is 2.38. The van der Waals surface area contributed by atoms with Crippen LogP contribution in [0.1, 0.15) is 40.5 Å². The van der Waals surface area contributed by atoms with Crippen molar-refractivity contribution in [1.29, 1.82) is 5.26 Å². The summed E-state index contributed by atoms with van der Waals surface area (Å²) in [4.78, 5) is 0. The highest BCUT2D eigenvalue weighted by Crippen LogP contribution is 2.41. The molecule has 1 aliphatic rings. The molecule has 0 aromatic heterocycles. The number of rotatable bonds is 2. The van der Waals surface area contributed by atoms with Gasteiger partial charge in [-0.1, -0.05) is 37.6 Å². The summed E-state index contributed by atoms with van der Waals surface area (Å²) in [5, 5.41) is 8.56. The Hall–Kier alpha value is -1.29. The van der Waals surface area contributed by atoms with E-state index in [1.807, 2.05) is 6.92 Å². The van der Waals surface area contributed by atoms with E-state index in [9.17, 15) is 0 Å². The number of hydrogen-bond acceptors (Lipinski definition) is 1. The zero-order valence-electron chi connectivity index (χ0n) is 10.7. The second-order valence-electron chi connectivity index (χ2n) is 5.33. The first-order valence-electron chi connectivity index (χ1n) is 5.88. The zero-order chi connectivity index (χ0) is 12.2. The van der Waals surface area contributed by atoms with Gasteiger partial charge in [-0.2, -0.15) is 5.26 Å². The van der Waals surface area contributed by atoms with E-state index in [0.29, 0.717) is 11.3 Å². The molecule has 0 heterocycles. The molecule has 0 aliphatic heterocycles. The Labute approximate surface area is 99.2 Å². The van der Waals surface area contributed by atoms with Crippen molar-refractivity contribution in [2.24, 2.45) is 11.3 Å². The van der Waals surface area contributed by atoms with Crippen molar-refractivity contribution in [2.75, 3.05) is 0 Å². The van der Waals surface area contributed by atoms with Gasteiger partial charge in [-0.3, -0.25) is 0 Å². The molecule has 0 aromatic carbocycles. The van der Waals surface area contributed by atoms with Crippen LogP contribution in [-0.4, -0.2) is 0 Å². The summed E-state index contributed by atoms with van der Waals surface area (Å²) in [7, 11) is 0. The molecule has 0 saturated heterocycles. The average molecular weight is 215 g/mol. The Balaban J connectivity index is 2.86. The van der Waals surface area contributed by atoms with Crippen LogP contribution in [0.3, 0.4) is 0 Å². The van der Waals surface area contributed by atoms with E-state index in [1.54, 1.807) is 6.08 Å². The Morgan fingerprint density at radius 3 is 2.81 bits per heavy atom.